The van der Waals surface area contributed by atoms with Gasteiger partial charge in [0, 0.05) is 6.54 Å². The average Bonchev–Trinajstić information content (AvgIpc) is 3.09. The number of para-hydroxylation sites is 1. The van der Waals surface area contributed by atoms with Crippen LogP contribution in [0.4, 0.5) is 13.2 Å². The van der Waals surface area contributed by atoms with Crippen LogP contribution < -0.4 is 4.72 Å². The molecule has 0 amide bonds. The van der Waals surface area contributed by atoms with E-state index in [9.17, 15) is 26.4 Å². The lowest BCUT2D eigenvalue weighted by Gasteiger charge is -2.10. The summed E-state index contributed by atoms with van der Waals surface area (Å²) in [5, 5.41) is 0.601. The third kappa shape index (κ3) is 5.52. The maximum absolute atomic E-state index is 12.7. The van der Waals surface area contributed by atoms with Crippen LogP contribution in [0.2, 0.25) is 0 Å². The van der Waals surface area contributed by atoms with E-state index in [4.69, 9.17) is 4.74 Å². The Bertz CT molecular complexity index is 1090. The van der Waals surface area contributed by atoms with Crippen molar-refractivity contribution < 1.29 is 31.1 Å². The number of sulfonamides is 1. The second kappa shape index (κ2) is 8.47. The first-order chi connectivity index (χ1) is 13.6. The molecule has 3 rings (SSSR count). The Hall–Kier alpha value is -2.50. The van der Waals surface area contributed by atoms with E-state index in [1.54, 1.807) is 0 Å². The summed E-state index contributed by atoms with van der Waals surface area (Å²) in [4.78, 5) is 15.6. The Morgan fingerprint density at radius 3 is 2.62 bits per heavy atom. The second-order valence-electron chi connectivity index (χ2n) is 5.91. The van der Waals surface area contributed by atoms with Gasteiger partial charge in [0.2, 0.25) is 10.0 Å². The second-order valence-corrected chi connectivity index (χ2v) is 8.79. The SMILES string of the molecule is O=C(CCNS(=O)(=O)c1cccc(C(F)(F)F)c1)OCc1nc2ccccc2s1. The zero-order chi connectivity index (χ0) is 21.1. The van der Waals surface area contributed by atoms with Gasteiger partial charge in [0.1, 0.15) is 11.6 Å². The summed E-state index contributed by atoms with van der Waals surface area (Å²) >= 11 is 1.38. The molecule has 0 aliphatic heterocycles. The largest absolute Gasteiger partial charge is 0.458 e. The number of aromatic nitrogens is 1. The first kappa shape index (κ1) is 21.2. The summed E-state index contributed by atoms with van der Waals surface area (Å²) in [6.07, 6.45) is -4.93. The van der Waals surface area contributed by atoms with Gasteiger partial charge < -0.3 is 4.74 Å². The highest BCUT2D eigenvalue weighted by atomic mass is 32.2. The van der Waals surface area contributed by atoms with Crippen molar-refractivity contribution in [1.29, 1.82) is 0 Å². The van der Waals surface area contributed by atoms with Gasteiger partial charge in [-0.15, -0.1) is 11.3 Å². The van der Waals surface area contributed by atoms with Crippen LogP contribution in [0.5, 0.6) is 0 Å². The fourth-order valence-corrected chi connectivity index (χ4v) is 4.36. The number of carbonyl (C=O) groups is 1. The molecule has 0 spiro atoms. The number of nitrogens with zero attached hydrogens (tertiary/aromatic N) is 1. The lowest BCUT2D eigenvalue weighted by molar-refractivity contribution is -0.144. The molecule has 154 valence electrons. The van der Waals surface area contributed by atoms with Gasteiger partial charge in [-0.25, -0.2) is 18.1 Å². The molecule has 0 fully saturated rings. The van der Waals surface area contributed by atoms with E-state index in [2.05, 4.69) is 9.71 Å². The Morgan fingerprint density at radius 2 is 1.90 bits per heavy atom. The topological polar surface area (TPSA) is 85.4 Å². The van der Waals surface area contributed by atoms with E-state index >= 15 is 0 Å². The molecule has 1 heterocycles. The highest BCUT2D eigenvalue weighted by molar-refractivity contribution is 7.89. The van der Waals surface area contributed by atoms with Crippen LogP contribution in [0.15, 0.2) is 53.4 Å². The summed E-state index contributed by atoms with van der Waals surface area (Å²) in [5.41, 5.74) is -0.284. The van der Waals surface area contributed by atoms with Gasteiger partial charge in [0.15, 0.2) is 0 Å². The quantitative estimate of drug-likeness (QED) is 0.562. The van der Waals surface area contributed by atoms with Crippen molar-refractivity contribution in [3.05, 3.63) is 59.1 Å². The van der Waals surface area contributed by atoms with E-state index < -0.39 is 32.6 Å². The van der Waals surface area contributed by atoms with Gasteiger partial charge in [-0.3, -0.25) is 4.79 Å². The van der Waals surface area contributed by atoms with Crippen LogP contribution in [0.25, 0.3) is 10.2 Å². The fourth-order valence-electron chi connectivity index (χ4n) is 2.41. The highest BCUT2D eigenvalue weighted by Crippen LogP contribution is 2.30. The third-order valence-electron chi connectivity index (χ3n) is 3.79. The summed E-state index contributed by atoms with van der Waals surface area (Å²) in [7, 11) is -4.19. The van der Waals surface area contributed by atoms with E-state index in [0.29, 0.717) is 11.1 Å². The van der Waals surface area contributed by atoms with Crippen LogP contribution in [-0.4, -0.2) is 25.9 Å². The molecule has 0 aliphatic carbocycles. The number of nitrogens with one attached hydrogen (secondary N) is 1. The molecular formula is C18H15F3N2O4S2. The van der Waals surface area contributed by atoms with Gasteiger partial charge >= 0.3 is 12.1 Å². The Balaban J connectivity index is 1.51. The molecule has 0 radical (unpaired) electrons. The first-order valence-corrected chi connectivity index (χ1v) is 10.6. The number of hydrogen-bond acceptors (Lipinski definition) is 6. The molecule has 29 heavy (non-hydrogen) atoms. The van der Waals surface area contributed by atoms with Crippen LogP contribution in [0, 0.1) is 0 Å². The molecule has 0 atom stereocenters. The van der Waals surface area contributed by atoms with E-state index in [-0.39, 0.29) is 19.6 Å². The number of benzene rings is 2. The van der Waals surface area contributed by atoms with Crippen LogP contribution in [0.1, 0.15) is 17.0 Å². The van der Waals surface area contributed by atoms with E-state index in [0.717, 1.165) is 28.4 Å². The predicted molar refractivity (Wildman–Crippen MR) is 101 cm³/mol. The minimum Gasteiger partial charge on any atom is -0.458 e. The zero-order valence-electron chi connectivity index (χ0n) is 14.8. The fraction of sp³-hybridized carbons (Fsp3) is 0.222. The maximum Gasteiger partial charge on any atom is 0.416 e. The lowest BCUT2D eigenvalue weighted by Crippen LogP contribution is -2.27. The Labute approximate surface area is 168 Å². The minimum absolute atomic E-state index is 0.0431. The Kier molecular flexibility index (Phi) is 6.20. The van der Waals surface area contributed by atoms with Crippen molar-refractivity contribution in [3.63, 3.8) is 0 Å². The molecule has 2 aromatic carbocycles. The Morgan fingerprint density at radius 1 is 1.14 bits per heavy atom. The van der Waals surface area contributed by atoms with Crippen LogP contribution in [0.3, 0.4) is 0 Å². The molecule has 0 saturated heterocycles. The van der Waals surface area contributed by atoms with Crippen LogP contribution in [-0.2, 0) is 32.3 Å². The molecule has 0 aliphatic rings. The van der Waals surface area contributed by atoms with Crippen molar-refractivity contribution in [2.24, 2.45) is 0 Å². The molecule has 6 nitrogen and oxygen atoms in total. The number of hydrogen-bond donors (Lipinski definition) is 1. The first-order valence-electron chi connectivity index (χ1n) is 8.32. The molecule has 0 bridgehead atoms. The summed E-state index contributed by atoms with van der Waals surface area (Å²) in [5.74, 6) is -0.656. The number of halogens is 3. The van der Waals surface area contributed by atoms with E-state index in [1.807, 2.05) is 24.3 Å². The zero-order valence-corrected chi connectivity index (χ0v) is 16.4. The monoisotopic (exact) mass is 444 g/mol. The maximum atomic E-state index is 12.7. The van der Waals surface area contributed by atoms with Crippen molar-refractivity contribution in [3.8, 4) is 0 Å². The van der Waals surface area contributed by atoms with Gasteiger partial charge in [-0.1, -0.05) is 18.2 Å². The molecule has 0 unspecified atom stereocenters. The van der Waals surface area contributed by atoms with E-state index in [1.165, 1.54) is 11.3 Å². The minimum atomic E-state index is -4.66. The van der Waals surface area contributed by atoms with Gasteiger partial charge in [0.05, 0.1) is 27.1 Å². The van der Waals surface area contributed by atoms with Gasteiger partial charge in [-0.05, 0) is 30.3 Å². The number of esters is 1. The normalized spacial score (nSPS) is 12.2. The number of fused-ring (bicyclic) bond motifs is 1. The summed E-state index contributed by atoms with van der Waals surface area (Å²) in [6.45, 7) is -0.351. The smallest absolute Gasteiger partial charge is 0.416 e. The number of rotatable bonds is 7. The number of alkyl halides is 3. The van der Waals surface area contributed by atoms with Gasteiger partial charge in [-0.2, -0.15) is 13.2 Å². The van der Waals surface area contributed by atoms with Crippen LogP contribution >= 0.6 is 11.3 Å². The molecule has 1 N–H and O–H groups in total. The molecule has 0 saturated carbocycles. The lowest BCUT2D eigenvalue weighted by atomic mass is 10.2. The third-order valence-corrected chi connectivity index (χ3v) is 6.26. The molecule has 1 aromatic heterocycles. The van der Waals surface area contributed by atoms with Crippen molar-refractivity contribution >= 4 is 37.5 Å². The summed E-state index contributed by atoms with van der Waals surface area (Å²) < 4.78 is 70.6. The highest BCUT2D eigenvalue weighted by Gasteiger charge is 2.31. The molecular weight excluding hydrogens is 429 g/mol. The number of thiazole rings is 1. The van der Waals surface area contributed by atoms with Crippen molar-refractivity contribution in [2.75, 3.05) is 6.54 Å². The molecule has 11 heteroatoms. The van der Waals surface area contributed by atoms with Gasteiger partial charge in [0.25, 0.3) is 0 Å². The number of carbonyl (C=O) groups excluding carboxylic acids is 1. The van der Waals surface area contributed by atoms with Crippen molar-refractivity contribution in [2.45, 2.75) is 24.1 Å². The standard InChI is InChI=1S/C18H15F3N2O4S2/c19-18(20,21)12-4-3-5-13(10-12)29(25,26)22-9-8-17(24)27-11-16-23-14-6-1-2-7-15(14)28-16/h1-7,10,22H,8-9,11H2. The average molecular weight is 444 g/mol. The molecule has 3 aromatic rings. The summed E-state index contributed by atoms with van der Waals surface area (Å²) in [6, 6.07) is 10.8. The van der Waals surface area contributed by atoms with Crippen molar-refractivity contribution in [1.82, 2.24) is 9.71 Å². The number of ether oxygens (including phenoxy) is 1. The predicted octanol–water partition coefficient (Wildman–Crippen LogP) is 3.73.